The molecule has 13 heavy (non-hydrogen) atoms. The van der Waals surface area contributed by atoms with E-state index in [2.05, 4.69) is 5.32 Å². The van der Waals surface area contributed by atoms with E-state index in [1.165, 1.54) is 0 Å². The van der Waals surface area contributed by atoms with Gasteiger partial charge in [-0.15, -0.1) is 0 Å². The summed E-state index contributed by atoms with van der Waals surface area (Å²) in [6.45, 7) is 2.47. The van der Waals surface area contributed by atoms with E-state index >= 15 is 0 Å². The van der Waals surface area contributed by atoms with Gasteiger partial charge in [0.2, 0.25) is 5.91 Å². The van der Waals surface area contributed by atoms with Gasteiger partial charge in [-0.2, -0.15) is 0 Å². The molecule has 0 unspecified atom stereocenters. The van der Waals surface area contributed by atoms with Crippen molar-refractivity contribution in [3.05, 3.63) is 0 Å². The topological polar surface area (TPSA) is 38.3 Å². The van der Waals surface area contributed by atoms with Crippen molar-refractivity contribution in [1.29, 1.82) is 0 Å². The maximum absolute atomic E-state index is 12.3. The average Bonchev–Trinajstić information content (AvgIpc) is 2.52. The fourth-order valence-electron chi connectivity index (χ4n) is 1.45. The molecule has 0 radical (unpaired) electrons. The van der Waals surface area contributed by atoms with Crippen molar-refractivity contribution in [2.75, 3.05) is 13.2 Å². The Kier molecular flexibility index (Phi) is 3.59. The van der Waals surface area contributed by atoms with Crippen LogP contribution in [0, 0.1) is 5.92 Å². The van der Waals surface area contributed by atoms with Gasteiger partial charge >= 0.3 is 0 Å². The van der Waals surface area contributed by atoms with Crippen LogP contribution in [-0.2, 0) is 9.53 Å². The van der Waals surface area contributed by atoms with Crippen LogP contribution in [0.15, 0.2) is 0 Å². The lowest BCUT2D eigenvalue weighted by Crippen LogP contribution is -2.38. The molecule has 1 fully saturated rings. The number of amides is 1. The molecule has 1 aliphatic heterocycles. The number of halogens is 2. The molecular formula is C8H13F2NO2. The first-order chi connectivity index (χ1) is 6.16. The van der Waals surface area contributed by atoms with Gasteiger partial charge in [-0.25, -0.2) is 8.78 Å². The molecule has 1 aliphatic rings. The van der Waals surface area contributed by atoms with Crippen molar-refractivity contribution in [3.63, 3.8) is 0 Å². The Labute approximate surface area is 75.4 Å². The fourth-order valence-corrected chi connectivity index (χ4v) is 1.45. The molecule has 1 heterocycles. The molecule has 0 aromatic rings. The van der Waals surface area contributed by atoms with E-state index < -0.39 is 18.4 Å². The van der Waals surface area contributed by atoms with E-state index in [9.17, 15) is 13.6 Å². The SMILES string of the molecule is CCNC(=O)[C@@H]1CCO[C@@H]1C(F)F. The summed E-state index contributed by atoms with van der Waals surface area (Å²) in [6.07, 6.45) is -3.40. The highest BCUT2D eigenvalue weighted by atomic mass is 19.3. The molecule has 0 spiro atoms. The number of rotatable bonds is 3. The highest BCUT2D eigenvalue weighted by molar-refractivity contribution is 5.79. The maximum atomic E-state index is 12.3. The first kappa shape index (κ1) is 10.4. The summed E-state index contributed by atoms with van der Waals surface area (Å²) in [5.41, 5.74) is 0. The van der Waals surface area contributed by atoms with Crippen molar-refractivity contribution in [1.82, 2.24) is 5.32 Å². The Morgan fingerprint density at radius 3 is 2.92 bits per heavy atom. The van der Waals surface area contributed by atoms with E-state index in [4.69, 9.17) is 4.74 Å². The minimum Gasteiger partial charge on any atom is -0.371 e. The first-order valence-electron chi connectivity index (χ1n) is 4.34. The molecule has 0 aromatic carbocycles. The summed E-state index contributed by atoms with van der Waals surface area (Å²) in [5, 5.41) is 2.52. The lowest BCUT2D eigenvalue weighted by molar-refractivity contribution is -0.130. The summed E-state index contributed by atoms with van der Waals surface area (Å²) in [5.74, 6) is -1.01. The van der Waals surface area contributed by atoms with Crippen LogP contribution in [0.2, 0.25) is 0 Å². The predicted molar refractivity (Wildman–Crippen MR) is 42.5 cm³/mol. The lowest BCUT2D eigenvalue weighted by Gasteiger charge is -2.16. The van der Waals surface area contributed by atoms with Crippen LogP contribution < -0.4 is 5.32 Å². The van der Waals surface area contributed by atoms with Crippen LogP contribution in [0.4, 0.5) is 8.78 Å². The second-order valence-corrected chi connectivity index (χ2v) is 2.96. The number of carbonyl (C=O) groups excluding carboxylic acids is 1. The quantitative estimate of drug-likeness (QED) is 0.719. The molecule has 1 rings (SSSR count). The second-order valence-electron chi connectivity index (χ2n) is 2.96. The van der Waals surface area contributed by atoms with Crippen molar-refractivity contribution < 1.29 is 18.3 Å². The van der Waals surface area contributed by atoms with Crippen LogP contribution in [0.3, 0.4) is 0 Å². The molecule has 76 valence electrons. The molecule has 0 aromatic heterocycles. The minimum absolute atomic E-state index is 0.247. The normalized spacial score (nSPS) is 28.0. The second kappa shape index (κ2) is 4.50. The standard InChI is InChI=1S/C8H13F2NO2/c1-2-11-8(12)5-3-4-13-6(5)7(9)10/h5-7H,2-4H2,1H3,(H,11,12)/t5-,6+/m1/s1. The fraction of sp³-hybridized carbons (Fsp3) is 0.875. The Hall–Kier alpha value is -0.710. The summed E-state index contributed by atoms with van der Waals surface area (Å²) in [7, 11) is 0. The summed E-state index contributed by atoms with van der Waals surface area (Å²) in [6, 6.07) is 0. The van der Waals surface area contributed by atoms with Crippen LogP contribution in [0.1, 0.15) is 13.3 Å². The van der Waals surface area contributed by atoms with E-state index in [0.717, 1.165) is 0 Å². The predicted octanol–water partition coefficient (Wildman–Crippen LogP) is 0.793. The smallest absolute Gasteiger partial charge is 0.265 e. The maximum Gasteiger partial charge on any atom is 0.265 e. The zero-order chi connectivity index (χ0) is 9.84. The van der Waals surface area contributed by atoms with Crippen molar-refractivity contribution in [3.8, 4) is 0 Å². The highest BCUT2D eigenvalue weighted by Crippen LogP contribution is 2.25. The van der Waals surface area contributed by atoms with Crippen LogP contribution in [-0.4, -0.2) is 31.6 Å². The first-order valence-corrected chi connectivity index (χ1v) is 4.34. The number of hydrogen-bond donors (Lipinski definition) is 1. The Morgan fingerprint density at radius 1 is 1.69 bits per heavy atom. The number of nitrogens with one attached hydrogen (secondary N) is 1. The highest BCUT2D eigenvalue weighted by Gasteiger charge is 2.39. The summed E-state index contributed by atoms with van der Waals surface area (Å²) in [4.78, 5) is 11.2. The molecule has 3 nitrogen and oxygen atoms in total. The minimum atomic E-state index is -2.57. The molecule has 2 atom stereocenters. The molecule has 1 N–H and O–H groups in total. The third-order valence-corrected chi connectivity index (χ3v) is 2.07. The molecule has 1 amide bonds. The van der Waals surface area contributed by atoms with Gasteiger partial charge in [-0.3, -0.25) is 4.79 Å². The number of alkyl halides is 2. The molecule has 0 aliphatic carbocycles. The van der Waals surface area contributed by atoms with Gasteiger partial charge in [-0.05, 0) is 13.3 Å². The summed E-state index contributed by atoms with van der Waals surface area (Å²) >= 11 is 0. The Balaban J connectivity index is 2.52. The van der Waals surface area contributed by atoms with Crippen molar-refractivity contribution >= 4 is 5.91 Å². The van der Waals surface area contributed by atoms with Gasteiger partial charge < -0.3 is 10.1 Å². The summed E-state index contributed by atoms with van der Waals surface area (Å²) < 4.78 is 29.4. The van der Waals surface area contributed by atoms with Crippen LogP contribution in [0.5, 0.6) is 0 Å². The van der Waals surface area contributed by atoms with E-state index in [1.54, 1.807) is 6.92 Å². The van der Waals surface area contributed by atoms with Gasteiger partial charge in [-0.1, -0.05) is 0 Å². The van der Waals surface area contributed by atoms with Crippen LogP contribution >= 0.6 is 0 Å². The zero-order valence-corrected chi connectivity index (χ0v) is 7.43. The number of ether oxygens (including phenoxy) is 1. The van der Waals surface area contributed by atoms with Gasteiger partial charge in [0.25, 0.3) is 6.43 Å². The lowest BCUT2D eigenvalue weighted by atomic mass is 10.0. The van der Waals surface area contributed by atoms with E-state index in [0.29, 0.717) is 13.0 Å². The number of hydrogen-bond acceptors (Lipinski definition) is 2. The zero-order valence-electron chi connectivity index (χ0n) is 7.43. The monoisotopic (exact) mass is 193 g/mol. The molecule has 1 saturated heterocycles. The van der Waals surface area contributed by atoms with Crippen LogP contribution in [0.25, 0.3) is 0 Å². The molecular weight excluding hydrogens is 180 g/mol. The molecule has 5 heteroatoms. The molecule has 0 bridgehead atoms. The Bertz CT molecular complexity index is 187. The van der Waals surface area contributed by atoms with E-state index in [-0.39, 0.29) is 12.5 Å². The van der Waals surface area contributed by atoms with E-state index in [1.807, 2.05) is 0 Å². The number of carbonyl (C=O) groups is 1. The van der Waals surface area contributed by atoms with Gasteiger partial charge in [0.05, 0.1) is 5.92 Å². The largest absolute Gasteiger partial charge is 0.371 e. The van der Waals surface area contributed by atoms with Gasteiger partial charge in [0, 0.05) is 13.2 Å². The van der Waals surface area contributed by atoms with Gasteiger partial charge in [0.1, 0.15) is 6.10 Å². The molecule has 0 saturated carbocycles. The Morgan fingerprint density at radius 2 is 2.38 bits per heavy atom. The van der Waals surface area contributed by atoms with Gasteiger partial charge in [0.15, 0.2) is 0 Å². The average molecular weight is 193 g/mol. The van der Waals surface area contributed by atoms with Crippen molar-refractivity contribution in [2.24, 2.45) is 5.92 Å². The third-order valence-electron chi connectivity index (χ3n) is 2.07. The van der Waals surface area contributed by atoms with Crippen molar-refractivity contribution in [2.45, 2.75) is 25.9 Å². The third kappa shape index (κ3) is 2.37.